The quantitative estimate of drug-likeness (QED) is 0.445. The first kappa shape index (κ1) is 23.8. The number of alkyl halides is 2. The molecular formula is C24H30BrFO6. The van der Waals surface area contributed by atoms with E-state index in [-0.39, 0.29) is 24.5 Å². The van der Waals surface area contributed by atoms with Crippen LogP contribution in [0.2, 0.25) is 0 Å². The van der Waals surface area contributed by atoms with Crippen molar-refractivity contribution in [3.05, 3.63) is 23.8 Å². The number of carbonyl (C=O) groups is 3. The van der Waals surface area contributed by atoms with E-state index < -0.39 is 63.2 Å². The number of esters is 1. The second-order valence-electron chi connectivity index (χ2n) is 10.5. The first-order valence-corrected chi connectivity index (χ1v) is 11.9. The van der Waals surface area contributed by atoms with Crippen LogP contribution in [0.3, 0.4) is 0 Å². The predicted octanol–water partition coefficient (Wildman–Crippen LogP) is 2.84. The fraction of sp³-hybridized carbons (Fsp3) is 0.708. The fourth-order valence-electron chi connectivity index (χ4n) is 7.41. The van der Waals surface area contributed by atoms with Gasteiger partial charge in [0.1, 0.15) is 11.8 Å². The molecule has 4 rings (SSSR count). The van der Waals surface area contributed by atoms with Gasteiger partial charge in [0.05, 0.1) is 10.4 Å². The number of halogens is 2. The molecule has 0 aliphatic heterocycles. The molecule has 32 heavy (non-hydrogen) atoms. The Morgan fingerprint density at radius 2 is 1.94 bits per heavy atom. The van der Waals surface area contributed by atoms with E-state index in [1.54, 1.807) is 19.9 Å². The van der Waals surface area contributed by atoms with Gasteiger partial charge in [0.2, 0.25) is 5.78 Å². The van der Waals surface area contributed by atoms with Gasteiger partial charge in [-0.05, 0) is 54.7 Å². The Labute approximate surface area is 195 Å². The van der Waals surface area contributed by atoms with E-state index in [2.05, 4.69) is 15.9 Å². The van der Waals surface area contributed by atoms with Gasteiger partial charge in [-0.2, -0.15) is 0 Å². The minimum Gasteiger partial charge on any atom is -0.458 e. The lowest BCUT2D eigenvalue weighted by Crippen LogP contribution is -2.70. The Bertz CT molecular complexity index is 947. The average molecular weight is 513 g/mol. The largest absolute Gasteiger partial charge is 0.458 e. The summed E-state index contributed by atoms with van der Waals surface area (Å²) in [6, 6.07) is 0. The summed E-state index contributed by atoms with van der Waals surface area (Å²) in [6.07, 6.45) is 2.68. The van der Waals surface area contributed by atoms with Crippen LogP contribution in [0.4, 0.5) is 4.39 Å². The highest BCUT2D eigenvalue weighted by molar-refractivity contribution is 9.10. The highest BCUT2D eigenvalue weighted by Crippen LogP contribution is 2.72. The topological polar surface area (TPSA) is 101 Å². The molecule has 0 unspecified atom stereocenters. The van der Waals surface area contributed by atoms with Crippen LogP contribution >= 0.6 is 15.9 Å². The van der Waals surface area contributed by atoms with Gasteiger partial charge in [-0.25, -0.2) is 4.39 Å². The van der Waals surface area contributed by atoms with E-state index in [0.29, 0.717) is 12.0 Å². The Morgan fingerprint density at radius 1 is 1.28 bits per heavy atom. The molecule has 0 saturated heterocycles. The Kier molecular flexibility index (Phi) is 5.43. The van der Waals surface area contributed by atoms with Gasteiger partial charge in [0.25, 0.3) is 0 Å². The Balaban J connectivity index is 1.79. The van der Waals surface area contributed by atoms with Gasteiger partial charge in [-0.15, -0.1) is 0 Å². The van der Waals surface area contributed by atoms with Crippen LogP contribution in [0, 0.1) is 28.6 Å². The molecular weight excluding hydrogens is 483 g/mol. The summed E-state index contributed by atoms with van der Waals surface area (Å²) in [4.78, 5) is 36.4. The van der Waals surface area contributed by atoms with Crippen molar-refractivity contribution in [1.82, 2.24) is 0 Å². The number of hydrogen-bond donors (Lipinski definition) is 2. The third kappa shape index (κ3) is 2.78. The summed E-state index contributed by atoms with van der Waals surface area (Å²) < 4.78 is 19.4. The third-order valence-corrected chi connectivity index (χ3v) is 11.0. The van der Waals surface area contributed by atoms with Gasteiger partial charge < -0.3 is 14.9 Å². The van der Waals surface area contributed by atoms with Crippen molar-refractivity contribution in [2.24, 2.45) is 28.6 Å². The van der Waals surface area contributed by atoms with Gasteiger partial charge >= 0.3 is 5.97 Å². The molecule has 0 aromatic carbocycles. The van der Waals surface area contributed by atoms with E-state index >= 15 is 4.39 Å². The third-order valence-electron chi connectivity index (χ3n) is 9.04. The Morgan fingerprint density at radius 3 is 2.56 bits per heavy atom. The number of allylic oxidation sites excluding steroid dienone is 4. The highest BCUT2D eigenvalue weighted by atomic mass is 79.9. The van der Waals surface area contributed by atoms with Crippen molar-refractivity contribution in [1.29, 1.82) is 0 Å². The zero-order valence-corrected chi connectivity index (χ0v) is 20.3. The van der Waals surface area contributed by atoms with Crippen molar-refractivity contribution in [3.8, 4) is 0 Å². The van der Waals surface area contributed by atoms with Crippen LogP contribution in [0.25, 0.3) is 0 Å². The normalized spacial score (nSPS) is 49.6. The average Bonchev–Trinajstić information content (AvgIpc) is 2.91. The number of ether oxygens (including phenoxy) is 1. The van der Waals surface area contributed by atoms with Gasteiger partial charge in [-0.1, -0.05) is 42.8 Å². The smallest absolute Gasteiger partial charge is 0.303 e. The minimum atomic E-state index is -1.82. The van der Waals surface area contributed by atoms with E-state index in [4.69, 9.17) is 4.74 Å². The zero-order chi connectivity index (χ0) is 23.9. The molecule has 2 N–H and O–H groups in total. The van der Waals surface area contributed by atoms with Crippen molar-refractivity contribution in [3.63, 3.8) is 0 Å². The molecule has 3 fully saturated rings. The second kappa shape index (κ2) is 7.31. The number of carbonyl (C=O) groups excluding carboxylic acids is 3. The van der Waals surface area contributed by atoms with E-state index in [1.165, 1.54) is 19.1 Å². The van der Waals surface area contributed by atoms with E-state index in [0.717, 1.165) is 0 Å². The van der Waals surface area contributed by atoms with Crippen LogP contribution in [0.5, 0.6) is 0 Å². The zero-order valence-electron chi connectivity index (χ0n) is 18.7. The SMILES string of the molecule is CC(=O)OCC(=O)[C@@]1(O)[C@@H](C)C[C@H]2[C@@H]3C[C@H](F)C4=CC(=O)C=C[C@]4(C)[C@@]3(Br)[C@@H](O)C[C@@]21C. The molecule has 0 spiro atoms. The van der Waals surface area contributed by atoms with Crippen molar-refractivity contribution in [2.45, 2.75) is 69.2 Å². The molecule has 0 radical (unpaired) electrons. The van der Waals surface area contributed by atoms with Gasteiger partial charge in [-0.3, -0.25) is 14.4 Å². The molecule has 6 nitrogen and oxygen atoms in total. The summed E-state index contributed by atoms with van der Waals surface area (Å²) in [5.41, 5.74) is -3.43. The first-order chi connectivity index (χ1) is 14.7. The van der Waals surface area contributed by atoms with Crippen LogP contribution in [-0.4, -0.2) is 56.6 Å². The van der Waals surface area contributed by atoms with Gasteiger partial charge in [0, 0.05) is 17.8 Å². The van der Waals surface area contributed by atoms with Gasteiger partial charge in [0.15, 0.2) is 12.4 Å². The number of ketones is 2. The summed E-state index contributed by atoms with van der Waals surface area (Å²) in [5.74, 6) is -2.62. The van der Waals surface area contributed by atoms with Crippen LogP contribution in [-0.2, 0) is 19.1 Å². The summed E-state index contributed by atoms with van der Waals surface area (Å²) in [7, 11) is 0. The van der Waals surface area contributed by atoms with Crippen LogP contribution < -0.4 is 0 Å². The number of aliphatic hydroxyl groups excluding tert-OH is 1. The van der Waals surface area contributed by atoms with E-state index in [1.807, 2.05) is 6.92 Å². The van der Waals surface area contributed by atoms with Crippen molar-refractivity contribution >= 4 is 33.5 Å². The highest BCUT2D eigenvalue weighted by Gasteiger charge is 2.75. The van der Waals surface area contributed by atoms with Crippen molar-refractivity contribution < 1.29 is 33.7 Å². The molecule has 0 heterocycles. The molecule has 0 aromatic rings. The maximum atomic E-state index is 15.5. The number of rotatable bonds is 3. The number of hydrogen-bond acceptors (Lipinski definition) is 6. The summed E-state index contributed by atoms with van der Waals surface area (Å²) in [5, 5.41) is 23.3. The standard InChI is InChI=1S/C24H30BrFO6/c1-12-7-15-16-9-18(26)17-8-14(28)5-6-21(17,3)23(16,25)19(29)10-22(15,4)24(12,31)20(30)11-32-13(2)27/h5-6,8,12,15-16,18-19,29,31H,7,9-11H2,1-4H3/t12-,15-,16-,18-,19-,21-,22-,23-,24-/m0/s1. The molecule has 3 saturated carbocycles. The molecule has 8 heteroatoms. The molecule has 0 amide bonds. The van der Waals surface area contributed by atoms with Crippen LogP contribution in [0.15, 0.2) is 23.8 Å². The summed E-state index contributed by atoms with van der Waals surface area (Å²) in [6.45, 7) is 6.04. The molecule has 176 valence electrons. The first-order valence-electron chi connectivity index (χ1n) is 11.1. The maximum Gasteiger partial charge on any atom is 0.303 e. The number of fused-ring (bicyclic) bond motifs is 5. The predicted molar refractivity (Wildman–Crippen MR) is 118 cm³/mol. The molecule has 4 aliphatic rings. The molecule has 0 aromatic heterocycles. The summed E-state index contributed by atoms with van der Waals surface area (Å²) >= 11 is 3.83. The molecule has 9 atom stereocenters. The number of Topliss-reactive ketones (excluding diaryl/α,β-unsaturated/α-hetero) is 1. The molecule has 4 aliphatic carbocycles. The lowest BCUT2D eigenvalue weighted by atomic mass is 9.45. The van der Waals surface area contributed by atoms with Crippen molar-refractivity contribution in [2.75, 3.05) is 6.61 Å². The molecule has 0 bridgehead atoms. The lowest BCUT2D eigenvalue weighted by Gasteiger charge is -2.64. The maximum absolute atomic E-state index is 15.5. The minimum absolute atomic E-state index is 0.0754. The number of aliphatic hydroxyl groups is 2. The monoisotopic (exact) mass is 512 g/mol. The Hall–Kier alpha value is -1.38. The fourth-order valence-corrected chi connectivity index (χ4v) is 8.44. The van der Waals surface area contributed by atoms with Crippen LogP contribution in [0.1, 0.15) is 47.0 Å². The second-order valence-corrected chi connectivity index (χ2v) is 11.8. The lowest BCUT2D eigenvalue weighted by molar-refractivity contribution is -0.182. The van der Waals surface area contributed by atoms with E-state index in [9.17, 15) is 24.6 Å².